The molecule has 1 amide bonds. The van der Waals surface area contributed by atoms with Gasteiger partial charge in [0.25, 0.3) is 5.56 Å². The van der Waals surface area contributed by atoms with Gasteiger partial charge in [-0.05, 0) is 60.4 Å². The molecule has 3 N–H and O–H groups in total. The molecule has 3 atom stereocenters. The van der Waals surface area contributed by atoms with Gasteiger partial charge in [-0.3, -0.25) is 14.2 Å². The largest absolute Gasteiger partial charge is 0.388 e. The van der Waals surface area contributed by atoms with Crippen LogP contribution in [0.15, 0.2) is 65.7 Å². The second kappa shape index (κ2) is 10.0. The minimum Gasteiger partial charge on any atom is -0.388 e. The summed E-state index contributed by atoms with van der Waals surface area (Å²) in [5, 5.41) is 18.1. The maximum Gasteiger partial charge on any atom is 0.255 e. The van der Waals surface area contributed by atoms with Crippen molar-refractivity contribution in [3.8, 4) is 0 Å². The quantitative estimate of drug-likeness (QED) is 0.442. The SMILES string of the molecule is CC(CC(=O)N1CCC(O)(Cn2cnc(Nc3ccc4c(c3)C3CCC4N3)cc2=O)CC1)c1ccccc1. The third-order valence-corrected chi connectivity index (χ3v) is 8.50. The number of nitrogens with one attached hydrogen (secondary N) is 2. The monoisotopic (exact) mass is 513 g/mol. The summed E-state index contributed by atoms with van der Waals surface area (Å²) in [6, 6.07) is 18.8. The summed E-state index contributed by atoms with van der Waals surface area (Å²) in [5.74, 6) is 0.736. The number of rotatable bonds is 7. The molecular formula is C30H35N5O3. The Hall–Kier alpha value is -3.49. The molecule has 2 aromatic carbocycles. The topological polar surface area (TPSA) is 99.5 Å². The van der Waals surface area contributed by atoms with Crippen LogP contribution in [0.3, 0.4) is 0 Å². The highest BCUT2D eigenvalue weighted by atomic mass is 16.3. The molecular weight excluding hydrogens is 478 g/mol. The summed E-state index contributed by atoms with van der Waals surface area (Å²) in [5.41, 5.74) is 3.52. The number of fused-ring (bicyclic) bond motifs is 5. The predicted octanol–water partition coefficient (Wildman–Crippen LogP) is 4.01. The lowest BCUT2D eigenvalue weighted by atomic mass is 9.90. The van der Waals surface area contributed by atoms with Gasteiger partial charge >= 0.3 is 0 Å². The zero-order valence-electron chi connectivity index (χ0n) is 21.8. The van der Waals surface area contributed by atoms with E-state index in [0.717, 1.165) is 17.7 Å². The molecule has 198 valence electrons. The van der Waals surface area contributed by atoms with Crippen molar-refractivity contribution in [2.24, 2.45) is 0 Å². The van der Waals surface area contributed by atoms with Crippen molar-refractivity contribution in [2.45, 2.75) is 69.2 Å². The number of anilines is 2. The number of hydrogen-bond acceptors (Lipinski definition) is 6. The molecule has 3 aliphatic heterocycles. The molecule has 2 saturated heterocycles. The Bertz CT molecular complexity index is 1380. The van der Waals surface area contributed by atoms with Crippen LogP contribution in [-0.4, -0.2) is 44.2 Å². The van der Waals surface area contributed by atoms with Gasteiger partial charge in [-0.1, -0.05) is 43.3 Å². The van der Waals surface area contributed by atoms with Crippen molar-refractivity contribution in [3.05, 3.63) is 88.0 Å². The molecule has 2 bridgehead atoms. The Morgan fingerprint density at radius 1 is 1.11 bits per heavy atom. The molecule has 0 spiro atoms. The van der Waals surface area contributed by atoms with E-state index in [9.17, 15) is 14.7 Å². The Labute approximate surface area is 222 Å². The van der Waals surface area contributed by atoms with Crippen LogP contribution >= 0.6 is 0 Å². The number of piperidine rings is 1. The first-order valence-corrected chi connectivity index (χ1v) is 13.7. The average molecular weight is 514 g/mol. The molecule has 3 aromatic rings. The number of benzene rings is 2. The van der Waals surface area contributed by atoms with Crippen molar-refractivity contribution in [3.63, 3.8) is 0 Å². The van der Waals surface area contributed by atoms with E-state index in [1.165, 1.54) is 34.5 Å². The first-order valence-electron chi connectivity index (χ1n) is 13.7. The summed E-state index contributed by atoms with van der Waals surface area (Å²) in [7, 11) is 0. The molecule has 3 aliphatic rings. The maximum atomic E-state index is 12.9. The van der Waals surface area contributed by atoms with Gasteiger partial charge in [-0.2, -0.15) is 0 Å². The maximum absolute atomic E-state index is 12.9. The normalized spacial score (nSPS) is 22.2. The molecule has 8 heteroatoms. The molecule has 4 heterocycles. The molecule has 38 heavy (non-hydrogen) atoms. The minimum absolute atomic E-state index is 0.104. The number of carbonyl (C=O) groups excluding carboxylic acids is 1. The molecule has 0 radical (unpaired) electrons. The molecule has 2 fully saturated rings. The van der Waals surface area contributed by atoms with Crippen LogP contribution in [0.2, 0.25) is 0 Å². The van der Waals surface area contributed by atoms with Gasteiger partial charge in [-0.15, -0.1) is 0 Å². The highest BCUT2D eigenvalue weighted by Crippen LogP contribution is 2.45. The Morgan fingerprint density at radius 2 is 1.84 bits per heavy atom. The number of amides is 1. The minimum atomic E-state index is -1.05. The third kappa shape index (κ3) is 4.98. The highest BCUT2D eigenvalue weighted by Gasteiger charge is 2.36. The van der Waals surface area contributed by atoms with Gasteiger partial charge in [0.05, 0.1) is 18.5 Å². The van der Waals surface area contributed by atoms with E-state index in [0.29, 0.717) is 50.3 Å². The van der Waals surface area contributed by atoms with Crippen molar-refractivity contribution < 1.29 is 9.90 Å². The van der Waals surface area contributed by atoms with Crippen molar-refractivity contribution in [2.75, 3.05) is 18.4 Å². The van der Waals surface area contributed by atoms with Gasteiger partial charge in [0, 0.05) is 43.3 Å². The summed E-state index contributed by atoms with van der Waals surface area (Å²) in [6.07, 6.45) is 5.16. The van der Waals surface area contributed by atoms with Crippen LogP contribution in [0, 0.1) is 0 Å². The fraction of sp³-hybridized carbons (Fsp3) is 0.433. The van der Waals surface area contributed by atoms with Gasteiger partial charge < -0.3 is 20.6 Å². The number of carbonyl (C=O) groups is 1. The van der Waals surface area contributed by atoms with Gasteiger partial charge in [0.2, 0.25) is 5.91 Å². The van der Waals surface area contributed by atoms with E-state index in [-0.39, 0.29) is 23.9 Å². The standard InChI is InChI=1S/C30H35N5O3/c1-20(21-5-3-2-4-6-21)15-28(36)34-13-11-30(38,12-14-34)18-35-19-31-27(17-29(35)37)32-22-7-8-23-24(16-22)26-10-9-25(23)33-26/h2-8,16-17,19-20,25-26,32-33,38H,9-15,18H2,1H3. The summed E-state index contributed by atoms with van der Waals surface area (Å²) in [4.78, 5) is 32.0. The smallest absolute Gasteiger partial charge is 0.255 e. The number of nitrogens with zero attached hydrogens (tertiary/aromatic N) is 3. The lowest BCUT2D eigenvalue weighted by molar-refractivity contribution is -0.136. The second-order valence-electron chi connectivity index (χ2n) is 11.2. The van der Waals surface area contributed by atoms with Crippen LogP contribution in [0.5, 0.6) is 0 Å². The summed E-state index contributed by atoms with van der Waals surface area (Å²) < 4.78 is 1.46. The second-order valence-corrected chi connectivity index (χ2v) is 11.2. The molecule has 8 nitrogen and oxygen atoms in total. The van der Waals surface area contributed by atoms with Crippen LogP contribution in [0.1, 0.15) is 73.7 Å². The third-order valence-electron chi connectivity index (χ3n) is 8.50. The number of hydrogen-bond donors (Lipinski definition) is 3. The lowest BCUT2D eigenvalue weighted by Gasteiger charge is -2.38. The van der Waals surface area contributed by atoms with E-state index < -0.39 is 5.60 Å². The Kier molecular flexibility index (Phi) is 6.53. The molecule has 6 rings (SSSR count). The van der Waals surface area contributed by atoms with Crippen LogP contribution in [0.4, 0.5) is 11.5 Å². The fourth-order valence-corrected chi connectivity index (χ4v) is 6.20. The number of aliphatic hydroxyl groups is 1. The van der Waals surface area contributed by atoms with Gasteiger partial charge in [0.1, 0.15) is 5.82 Å². The zero-order valence-corrected chi connectivity index (χ0v) is 21.8. The Morgan fingerprint density at radius 3 is 2.58 bits per heavy atom. The summed E-state index contributed by atoms with van der Waals surface area (Å²) >= 11 is 0. The first-order chi connectivity index (χ1) is 18.4. The van der Waals surface area contributed by atoms with Crippen molar-refractivity contribution in [1.82, 2.24) is 19.8 Å². The number of likely N-dealkylation sites (tertiary alicyclic amines) is 1. The van der Waals surface area contributed by atoms with E-state index >= 15 is 0 Å². The summed E-state index contributed by atoms with van der Waals surface area (Å²) in [6.45, 7) is 3.19. The fourth-order valence-electron chi connectivity index (χ4n) is 6.20. The van der Waals surface area contributed by atoms with E-state index in [2.05, 4.69) is 34.7 Å². The first kappa shape index (κ1) is 24.8. The van der Waals surface area contributed by atoms with Crippen LogP contribution in [-0.2, 0) is 11.3 Å². The zero-order chi connectivity index (χ0) is 26.3. The molecule has 3 unspecified atom stereocenters. The average Bonchev–Trinajstić information content (AvgIpc) is 3.54. The van der Waals surface area contributed by atoms with Gasteiger partial charge in [-0.25, -0.2) is 4.98 Å². The van der Waals surface area contributed by atoms with E-state index in [1.807, 2.05) is 41.3 Å². The molecule has 0 aliphatic carbocycles. The molecule has 0 saturated carbocycles. The highest BCUT2D eigenvalue weighted by molar-refractivity contribution is 5.77. The molecule has 1 aromatic heterocycles. The lowest BCUT2D eigenvalue weighted by Crippen LogP contribution is -2.49. The van der Waals surface area contributed by atoms with Crippen LogP contribution in [0.25, 0.3) is 0 Å². The predicted molar refractivity (Wildman–Crippen MR) is 146 cm³/mol. The Balaban J connectivity index is 1.04. The number of aromatic nitrogens is 2. The van der Waals surface area contributed by atoms with E-state index in [4.69, 9.17) is 0 Å². The van der Waals surface area contributed by atoms with Gasteiger partial charge in [0.15, 0.2) is 0 Å². The van der Waals surface area contributed by atoms with Crippen LogP contribution < -0.4 is 16.2 Å². The van der Waals surface area contributed by atoms with Crippen molar-refractivity contribution in [1.29, 1.82) is 0 Å². The van der Waals surface area contributed by atoms with E-state index in [1.54, 1.807) is 0 Å². The van der Waals surface area contributed by atoms with Crippen molar-refractivity contribution >= 4 is 17.4 Å².